The van der Waals surface area contributed by atoms with Gasteiger partial charge >= 0.3 is 0 Å². The Hall–Kier alpha value is -0.0800. The van der Waals surface area contributed by atoms with Crippen molar-refractivity contribution in [3.05, 3.63) is 0 Å². The molecule has 0 heterocycles. The van der Waals surface area contributed by atoms with Crippen LogP contribution in [0.4, 0.5) is 0 Å². The highest BCUT2D eigenvalue weighted by molar-refractivity contribution is 4.59. The Morgan fingerprint density at radius 2 is 1.71 bits per heavy atom. The van der Waals surface area contributed by atoms with E-state index in [1.54, 1.807) is 0 Å². The molecule has 0 aromatic rings. The molecule has 2 nitrogen and oxygen atoms in total. The summed E-state index contributed by atoms with van der Waals surface area (Å²) in [5.41, 5.74) is 0. The monoisotopic (exact) mass is 201 g/mol. The van der Waals surface area contributed by atoms with E-state index in [2.05, 4.69) is 19.2 Å². The zero-order valence-corrected chi connectivity index (χ0v) is 9.89. The van der Waals surface area contributed by atoms with E-state index in [0.29, 0.717) is 6.04 Å². The Balaban J connectivity index is 3.02. The van der Waals surface area contributed by atoms with Crippen molar-refractivity contribution in [3.63, 3.8) is 0 Å². The summed E-state index contributed by atoms with van der Waals surface area (Å²) < 4.78 is 0. The molecule has 0 aromatic carbocycles. The predicted octanol–water partition coefficient (Wildman–Crippen LogP) is 2.71. The molecular weight excluding hydrogens is 174 g/mol. The van der Waals surface area contributed by atoms with Crippen LogP contribution in [0.3, 0.4) is 0 Å². The van der Waals surface area contributed by atoms with E-state index in [9.17, 15) is 0 Å². The van der Waals surface area contributed by atoms with Gasteiger partial charge in [-0.15, -0.1) is 0 Å². The molecule has 2 N–H and O–H groups in total. The molecule has 86 valence electrons. The van der Waals surface area contributed by atoms with Crippen LogP contribution >= 0.6 is 0 Å². The van der Waals surface area contributed by atoms with Crippen LogP contribution in [0.15, 0.2) is 0 Å². The summed E-state index contributed by atoms with van der Waals surface area (Å²) in [6, 6.07) is 0.563. The number of aliphatic hydroxyl groups is 1. The maximum absolute atomic E-state index is 8.62. The first-order valence-electron chi connectivity index (χ1n) is 6.15. The van der Waals surface area contributed by atoms with Gasteiger partial charge < -0.3 is 10.4 Å². The lowest BCUT2D eigenvalue weighted by molar-refractivity contribution is 0.283. The van der Waals surface area contributed by atoms with Gasteiger partial charge in [0.25, 0.3) is 0 Å². The number of rotatable bonds is 10. The minimum Gasteiger partial charge on any atom is -0.395 e. The van der Waals surface area contributed by atoms with Crippen LogP contribution in [0.2, 0.25) is 0 Å². The van der Waals surface area contributed by atoms with Gasteiger partial charge in [0.2, 0.25) is 0 Å². The van der Waals surface area contributed by atoms with Crippen LogP contribution < -0.4 is 5.32 Å². The Bertz CT molecular complexity index is 106. The van der Waals surface area contributed by atoms with Crippen molar-refractivity contribution >= 4 is 0 Å². The van der Waals surface area contributed by atoms with E-state index in [1.807, 2.05) is 0 Å². The zero-order chi connectivity index (χ0) is 10.6. The molecule has 0 aliphatic rings. The van der Waals surface area contributed by atoms with Gasteiger partial charge in [0.1, 0.15) is 0 Å². The molecule has 0 saturated carbocycles. The maximum atomic E-state index is 8.62. The summed E-state index contributed by atoms with van der Waals surface area (Å²) in [6.45, 7) is 5.43. The van der Waals surface area contributed by atoms with Gasteiger partial charge in [-0.05, 0) is 13.3 Å². The summed E-state index contributed by atoms with van der Waals surface area (Å²) in [5, 5.41) is 11.9. The van der Waals surface area contributed by atoms with Gasteiger partial charge in [0, 0.05) is 12.6 Å². The second-order valence-corrected chi connectivity index (χ2v) is 4.14. The molecule has 0 amide bonds. The first-order chi connectivity index (χ1) is 6.81. The van der Waals surface area contributed by atoms with Gasteiger partial charge in [-0.1, -0.05) is 45.4 Å². The van der Waals surface area contributed by atoms with Crippen molar-refractivity contribution < 1.29 is 5.11 Å². The van der Waals surface area contributed by atoms with E-state index >= 15 is 0 Å². The molecule has 0 fully saturated rings. The van der Waals surface area contributed by atoms with Gasteiger partial charge in [-0.3, -0.25) is 0 Å². The molecule has 0 bridgehead atoms. The first-order valence-corrected chi connectivity index (χ1v) is 6.15. The number of aliphatic hydroxyl groups excluding tert-OH is 1. The molecule has 14 heavy (non-hydrogen) atoms. The summed E-state index contributed by atoms with van der Waals surface area (Å²) in [4.78, 5) is 0. The van der Waals surface area contributed by atoms with Gasteiger partial charge in [-0.2, -0.15) is 0 Å². The predicted molar refractivity (Wildman–Crippen MR) is 62.5 cm³/mol. The number of hydrogen-bond donors (Lipinski definition) is 2. The van der Waals surface area contributed by atoms with Crippen molar-refractivity contribution in [2.45, 2.75) is 64.8 Å². The molecule has 2 heteroatoms. The van der Waals surface area contributed by atoms with E-state index in [0.717, 1.165) is 6.54 Å². The van der Waals surface area contributed by atoms with Crippen molar-refractivity contribution in [1.29, 1.82) is 0 Å². The zero-order valence-electron chi connectivity index (χ0n) is 9.89. The summed E-state index contributed by atoms with van der Waals surface area (Å²) in [5.74, 6) is 0. The first kappa shape index (κ1) is 13.9. The minimum atomic E-state index is 0.251. The summed E-state index contributed by atoms with van der Waals surface area (Å²) in [6.07, 6.45) is 9.43. The third-order valence-corrected chi connectivity index (χ3v) is 2.60. The second-order valence-electron chi connectivity index (χ2n) is 4.14. The highest BCUT2D eigenvalue weighted by atomic mass is 16.3. The summed E-state index contributed by atoms with van der Waals surface area (Å²) in [7, 11) is 0. The van der Waals surface area contributed by atoms with Gasteiger partial charge in [-0.25, -0.2) is 0 Å². The summed E-state index contributed by atoms with van der Waals surface area (Å²) >= 11 is 0. The number of hydrogen-bond acceptors (Lipinski definition) is 2. The van der Waals surface area contributed by atoms with Crippen molar-refractivity contribution in [2.24, 2.45) is 0 Å². The third kappa shape index (κ3) is 10.0. The van der Waals surface area contributed by atoms with Crippen molar-refractivity contribution in [3.8, 4) is 0 Å². The average Bonchev–Trinajstić information content (AvgIpc) is 2.20. The fourth-order valence-corrected chi connectivity index (χ4v) is 1.64. The molecular formula is C12H27NO. The molecule has 0 aliphatic carbocycles. The van der Waals surface area contributed by atoms with E-state index < -0.39 is 0 Å². The van der Waals surface area contributed by atoms with Crippen LogP contribution in [0.5, 0.6) is 0 Å². The van der Waals surface area contributed by atoms with Crippen LogP contribution in [0, 0.1) is 0 Å². The quantitative estimate of drug-likeness (QED) is 0.533. The van der Waals surface area contributed by atoms with Gasteiger partial charge in [0.15, 0.2) is 0 Å². The number of unbranched alkanes of at least 4 members (excludes halogenated alkanes) is 5. The molecule has 0 rings (SSSR count). The highest BCUT2D eigenvalue weighted by Gasteiger charge is 1.99. The van der Waals surface area contributed by atoms with Crippen molar-refractivity contribution in [2.75, 3.05) is 13.2 Å². The van der Waals surface area contributed by atoms with E-state index in [-0.39, 0.29) is 6.61 Å². The lowest BCUT2D eigenvalue weighted by Gasteiger charge is -2.12. The largest absolute Gasteiger partial charge is 0.395 e. The normalized spacial score (nSPS) is 13.1. The lowest BCUT2D eigenvalue weighted by atomic mass is 10.1. The maximum Gasteiger partial charge on any atom is 0.0556 e. The Morgan fingerprint density at radius 3 is 2.36 bits per heavy atom. The SMILES string of the molecule is CCCCCCCC[C@H](C)NCCO. The fraction of sp³-hybridized carbons (Fsp3) is 1.00. The van der Waals surface area contributed by atoms with Crippen LogP contribution in [0.25, 0.3) is 0 Å². The van der Waals surface area contributed by atoms with Crippen LogP contribution in [0.1, 0.15) is 58.8 Å². The average molecular weight is 201 g/mol. The highest BCUT2D eigenvalue weighted by Crippen LogP contribution is 2.08. The standard InChI is InChI=1S/C12H27NO/c1-3-4-5-6-7-8-9-12(2)13-10-11-14/h12-14H,3-11H2,1-2H3/t12-/m0/s1. The molecule has 0 aliphatic heterocycles. The smallest absolute Gasteiger partial charge is 0.0556 e. The molecule has 0 aromatic heterocycles. The third-order valence-electron chi connectivity index (χ3n) is 2.60. The topological polar surface area (TPSA) is 32.3 Å². The molecule has 0 radical (unpaired) electrons. The van der Waals surface area contributed by atoms with Crippen LogP contribution in [-0.2, 0) is 0 Å². The Labute approximate surface area is 89.1 Å². The molecule has 1 atom stereocenters. The van der Waals surface area contributed by atoms with Gasteiger partial charge in [0.05, 0.1) is 6.61 Å². The second kappa shape index (κ2) is 11.0. The minimum absolute atomic E-state index is 0.251. The van der Waals surface area contributed by atoms with E-state index in [4.69, 9.17) is 5.11 Å². The Morgan fingerprint density at radius 1 is 1.07 bits per heavy atom. The fourth-order valence-electron chi connectivity index (χ4n) is 1.64. The van der Waals surface area contributed by atoms with E-state index in [1.165, 1.54) is 44.9 Å². The van der Waals surface area contributed by atoms with Crippen LogP contribution in [-0.4, -0.2) is 24.3 Å². The molecule has 0 unspecified atom stereocenters. The lowest BCUT2D eigenvalue weighted by Crippen LogP contribution is -2.28. The molecule has 0 saturated heterocycles. The van der Waals surface area contributed by atoms with Crippen molar-refractivity contribution in [1.82, 2.24) is 5.32 Å². The molecule has 0 spiro atoms. The number of nitrogens with one attached hydrogen (secondary N) is 1. The Kier molecular flexibility index (Phi) is 10.9.